The van der Waals surface area contributed by atoms with E-state index in [1.165, 1.54) is 11.3 Å². The van der Waals surface area contributed by atoms with E-state index < -0.39 is 5.91 Å². The second kappa shape index (κ2) is 9.01. The number of carbonyl (C=O) groups is 2. The van der Waals surface area contributed by atoms with E-state index in [1.807, 2.05) is 24.3 Å². The second-order valence-electron chi connectivity index (χ2n) is 5.72. The predicted molar refractivity (Wildman–Crippen MR) is 115 cm³/mol. The Hall–Kier alpha value is -2.68. The number of fused-ring (bicyclic) bond motifs is 1. The molecule has 0 fully saturated rings. The first kappa shape index (κ1) is 20.1. The smallest absolute Gasteiger partial charge is 0.269 e. The normalized spacial score (nSPS) is 10.4. The third kappa shape index (κ3) is 4.78. The Kier molecular flexibility index (Phi) is 6.45. The maximum atomic E-state index is 12.4. The lowest BCUT2D eigenvalue weighted by atomic mass is 10.1. The number of carbonyl (C=O) groups excluding carboxylic acids is 2. The fraction of sp³-hybridized carbons (Fsp3) is 0.105. The summed E-state index contributed by atoms with van der Waals surface area (Å²) in [4.78, 5) is 24.8. The van der Waals surface area contributed by atoms with Crippen molar-refractivity contribution in [2.24, 2.45) is 0 Å². The van der Waals surface area contributed by atoms with Crippen molar-refractivity contribution in [3.05, 3.63) is 64.0 Å². The number of thiophene rings is 1. The number of thiocarbonyl (C=S) groups is 1. The summed E-state index contributed by atoms with van der Waals surface area (Å²) in [7, 11) is 1.58. The number of hydrogen-bond donors (Lipinski definition) is 3. The number of methoxy groups -OCH3 is 1. The Balaban J connectivity index is 1.52. The first-order valence-electron chi connectivity index (χ1n) is 8.18. The van der Waals surface area contributed by atoms with Gasteiger partial charge < -0.3 is 4.74 Å². The molecule has 3 rings (SSSR count). The standard InChI is InChI=1S/C19H16ClN3O3S2/c1-26-12-8-6-11(7-9-12)10-15(24)22-23-19(27)21-18(25)17-16(20)13-4-2-3-5-14(13)28-17/h2-9H,10H2,1H3,(H,22,24)(H2,21,23,25,27). The van der Waals surface area contributed by atoms with Gasteiger partial charge in [-0.25, -0.2) is 0 Å². The minimum Gasteiger partial charge on any atom is -0.497 e. The van der Waals surface area contributed by atoms with Crippen molar-refractivity contribution in [1.29, 1.82) is 0 Å². The van der Waals surface area contributed by atoms with E-state index in [0.717, 1.165) is 15.6 Å². The highest BCUT2D eigenvalue weighted by Crippen LogP contribution is 2.34. The average Bonchev–Trinajstić information content (AvgIpc) is 3.04. The molecule has 0 saturated carbocycles. The summed E-state index contributed by atoms with van der Waals surface area (Å²) in [5, 5.41) is 3.67. The number of nitrogens with one attached hydrogen (secondary N) is 3. The van der Waals surface area contributed by atoms with Crippen LogP contribution in [-0.4, -0.2) is 24.0 Å². The van der Waals surface area contributed by atoms with Crippen LogP contribution < -0.4 is 20.9 Å². The minimum absolute atomic E-state index is 0.0263. The van der Waals surface area contributed by atoms with E-state index in [4.69, 9.17) is 28.6 Å². The largest absolute Gasteiger partial charge is 0.497 e. The fourth-order valence-corrected chi connectivity index (χ4v) is 4.01. The van der Waals surface area contributed by atoms with Gasteiger partial charge in [-0.05, 0) is 36.0 Å². The molecule has 0 radical (unpaired) electrons. The Morgan fingerprint density at radius 1 is 1.11 bits per heavy atom. The maximum Gasteiger partial charge on any atom is 0.269 e. The zero-order valence-corrected chi connectivity index (χ0v) is 17.1. The van der Waals surface area contributed by atoms with E-state index >= 15 is 0 Å². The lowest BCUT2D eigenvalue weighted by molar-refractivity contribution is -0.121. The Morgan fingerprint density at radius 3 is 2.50 bits per heavy atom. The second-order valence-corrected chi connectivity index (χ2v) is 7.56. The molecular formula is C19H16ClN3O3S2. The molecule has 2 aromatic carbocycles. The molecular weight excluding hydrogens is 418 g/mol. The van der Waals surface area contributed by atoms with Crippen molar-refractivity contribution in [2.45, 2.75) is 6.42 Å². The number of halogens is 1. The number of benzene rings is 2. The molecule has 6 nitrogen and oxygen atoms in total. The quantitative estimate of drug-likeness (QED) is 0.434. The van der Waals surface area contributed by atoms with Crippen LogP contribution in [0.4, 0.5) is 0 Å². The van der Waals surface area contributed by atoms with Gasteiger partial charge in [0.2, 0.25) is 5.91 Å². The maximum absolute atomic E-state index is 12.4. The molecule has 2 amide bonds. The van der Waals surface area contributed by atoms with Gasteiger partial charge in [0, 0.05) is 10.1 Å². The average molecular weight is 434 g/mol. The van der Waals surface area contributed by atoms with E-state index in [0.29, 0.717) is 15.6 Å². The lowest BCUT2D eigenvalue weighted by Crippen LogP contribution is -2.48. The molecule has 0 atom stereocenters. The highest BCUT2D eigenvalue weighted by atomic mass is 35.5. The molecule has 0 unspecified atom stereocenters. The van der Waals surface area contributed by atoms with Crippen molar-refractivity contribution in [1.82, 2.24) is 16.2 Å². The van der Waals surface area contributed by atoms with Crippen molar-refractivity contribution in [2.75, 3.05) is 7.11 Å². The van der Waals surface area contributed by atoms with Crippen LogP contribution in [0, 0.1) is 0 Å². The summed E-state index contributed by atoms with van der Waals surface area (Å²) >= 11 is 12.6. The van der Waals surface area contributed by atoms with Crippen LogP contribution in [0.25, 0.3) is 10.1 Å². The van der Waals surface area contributed by atoms with Crippen LogP contribution in [0.2, 0.25) is 5.02 Å². The molecule has 0 bridgehead atoms. The van der Waals surface area contributed by atoms with E-state index in [-0.39, 0.29) is 17.4 Å². The summed E-state index contributed by atoms with van der Waals surface area (Å²) in [5.74, 6) is -0.0270. The monoisotopic (exact) mass is 433 g/mol. The molecule has 1 aromatic heterocycles. The molecule has 1 heterocycles. The third-order valence-electron chi connectivity index (χ3n) is 3.81. The zero-order valence-electron chi connectivity index (χ0n) is 14.7. The van der Waals surface area contributed by atoms with Crippen LogP contribution in [0.3, 0.4) is 0 Å². The fourth-order valence-electron chi connectivity index (χ4n) is 2.45. The summed E-state index contributed by atoms with van der Waals surface area (Å²) in [6, 6.07) is 14.6. The molecule has 144 valence electrons. The predicted octanol–water partition coefficient (Wildman–Crippen LogP) is 3.44. The number of rotatable bonds is 4. The van der Waals surface area contributed by atoms with Crippen molar-refractivity contribution < 1.29 is 14.3 Å². The van der Waals surface area contributed by atoms with Gasteiger partial charge in [0.25, 0.3) is 5.91 Å². The van der Waals surface area contributed by atoms with Crippen LogP contribution in [-0.2, 0) is 11.2 Å². The molecule has 28 heavy (non-hydrogen) atoms. The number of ether oxygens (including phenoxy) is 1. The number of hydrazine groups is 1. The van der Waals surface area contributed by atoms with Gasteiger partial charge in [-0.15, -0.1) is 11.3 Å². The number of amides is 2. The van der Waals surface area contributed by atoms with Crippen LogP contribution in [0.15, 0.2) is 48.5 Å². The van der Waals surface area contributed by atoms with Gasteiger partial charge in [0.15, 0.2) is 5.11 Å². The highest BCUT2D eigenvalue weighted by Gasteiger charge is 2.18. The highest BCUT2D eigenvalue weighted by molar-refractivity contribution is 7.80. The van der Waals surface area contributed by atoms with Gasteiger partial charge in [0.1, 0.15) is 10.6 Å². The SMILES string of the molecule is COc1ccc(CC(=O)NNC(=S)NC(=O)c2sc3ccccc3c2Cl)cc1. The van der Waals surface area contributed by atoms with Crippen molar-refractivity contribution >= 4 is 62.2 Å². The topological polar surface area (TPSA) is 79.5 Å². The summed E-state index contributed by atoms with van der Waals surface area (Å²) in [6.07, 6.45) is 0.149. The first-order valence-corrected chi connectivity index (χ1v) is 9.78. The molecule has 3 aromatic rings. The van der Waals surface area contributed by atoms with Crippen molar-refractivity contribution in [3.8, 4) is 5.75 Å². The number of hydrogen-bond acceptors (Lipinski definition) is 5. The van der Waals surface area contributed by atoms with Gasteiger partial charge in [0.05, 0.1) is 18.6 Å². The lowest BCUT2D eigenvalue weighted by Gasteiger charge is -2.10. The Labute approximate surface area is 175 Å². The van der Waals surface area contributed by atoms with E-state index in [2.05, 4.69) is 16.2 Å². The molecule has 0 aliphatic rings. The molecule has 0 spiro atoms. The van der Waals surface area contributed by atoms with Crippen LogP contribution in [0.1, 0.15) is 15.2 Å². The molecule has 9 heteroatoms. The molecule has 0 aliphatic carbocycles. The molecule has 0 aliphatic heterocycles. The van der Waals surface area contributed by atoms with E-state index in [9.17, 15) is 9.59 Å². The summed E-state index contributed by atoms with van der Waals surface area (Å²) < 4.78 is 5.98. The van der Waals surface area contributed by atoms with Crippen molar-refractivity contribution in [3.63, 3.8) is 0 Å². The van der Waals surface area contributed by atoms with Crippen LogP contribution >= 0.6 is 35.2 Å². The van der Waals surface area contributed by atoms with Gasteiger partial charge >= 0.3 is 0 Å². The zero-order chi connectivity index (χ0) is 20.1. The Bertz CT molecular complexity index is 1030. The summed E-state index contributed by atoms with van der Waals surface area (Å²) in [5.41, 5.74) is 5.78. The minimum atomic E-state index is -0.437. The van der Waals surface area contributed by atoms with Crippen LogP contribution in [0.5, 0.6) is 5.75 Å². The molecule has 0 saturated heterocycles. The van der Waals surface area contributed by atoms with Gasteiger partial charge in [-0.3, -0.25) is 25.8 Å². The first-order chi connectivity index (χ1) is 13.5. The van der Waals surface area contributed by atoms with Gasteiger partial charge in [-0.2, -0.15) is 0 Å². The van der Waals surface area contributed by atoms with E-state index in [1.54, 1.807) is 31.4 Å². The Morgan fingerprint density at radius 2 is 1.82 bits per heavy atom. The summed E-state index contributed by atoms with van der Waals surface area (Å²) in [6.45, 7) is 0. The third-order valence-corrected chi connectivity index (χ3v) is 5.69. The molecule has 3 N–H and O–H groups in total. The van der Waals surface area contributed by atoms with Gasteiger partial charge in [-0.1, -0.05) is 41.9 Å².